The number of aliphatic hydroxyl groups is 1. The van der Waals surface area contributed by atoms with Crippen molar-refractivity contribution in [3.8, 4) is 20.9 Å². The Kier molecular flexibility index (Phi) is 6.24. The average molecular weight is 420 g/mol. The van der Waals surface area contributed by atoms with Crippen molar-refractivity contribution >= 4 is 22.7 Å². The van der Waals surface area contributed by atoms with Crippen molar-refractivity contribution in [3.05, 3.63) is 87.9 Å². The second kappa shape index (κ2) is 9.04. The highest BCUT2D eigenvalue weighted by molar-refractivity contribution is 7.17. The largest absolute Gasteiger partial charge is 0.384 e. The Labute approximate surface area is 180 Å². The van der Waals surface area contributed by atoms with E-state index < -0.39 is 6.10 Å². The Balaban J connectivity index is 1.79. The van der Waals surface area contributed by atoms with E-state index in [0.29, 0.717) is 0 Å². The van der Waals surface area contributed by atoms with Crippen molar-refractivity contribution in [2.75, 3.05) is 0 Å². The number of hydrogen-bond acceptors (Lipinski definition) is 4. The van der Waals surface area contributed by atoms with Gasteiger partial charge < -0.3 is 5.11 Å². The molecule has 2 nitrogen and oxygen atoms in total. The summed E-state index contributed by atoms with van der Waals surface area (Å²) in [5.74, 6) is 0. The van der Waals surface area contributed by atoms with Gasteiger partial charge >= 0.3 is 0 Å². The lowest BCUT2D eigenvalue weighted by molar-refractivity contribution is 0.221. The van der Waals surface area contributed by atoms with E-state index in [1.54, 1.807) is 35.1 Å². The molecule has 0 bridgehead atoms. The van der Waals surface area contributed by atoms with Gasteiger partial charge in [-0.05, 0) is 49.1 Å². The van der Waals surface area contributed by atoms with E-state index in [2.05, 4.69) is 60.6 Å². The third kappa shape index (κ3) is 4.35. The van der Waals surface area contributed by atoms with E-state index in [9.17, 15) is 5.11 Å². The van der Waals surface area contributed by atoms with Crippen LogP contribution in [0.4, 0.5) is 0 Å². The average Bonchev–Trinajstić information content (AvgIpc) is 3.39. The molecule has 3 heterocycles. The predicted molar refractivity (Wildman–Crippen MR) is 125 cm³/mol. The second-order valence-corrected chi connectivity index (χ2v) is 9.46. The first-order valence-electron chi connectivity index (χ1n) is 10.0. The van der Waals surface area contributed by atoms with Crippen molar-refractivity contribution in [2.45, 2.75) is 39.2 Å². The van der Waals surface area contributed by atoms with Crippen LogP contribution in [-0.4, -0.2) is 10.1 Å². The van der Waals surface area contributed by atoms with Crippen LogP contribution in [0.25, 0.3) is 20.9 Å². The van der Waals surface area contributed by atoms with Crippen LogP contribution < -0.4 is 0 Å². The van der Waals surface area contributed by atoms with Gasteiger partial charge in [-0.3, -0.25) is 4.98 Å². The number of benzene rings is 1. The molecule has 1 unspecified atom stereocenters. The Morgan fingerprint density at radius 1 is 1.07 bits per heavy atom. The molecule has 1 N–H and O–H groups in total. The minimum Gasteiger partial charge on any atom is -0.384 e. The fourth-order valence-electron chi connectivity index (χ4n) is 3.54. The van der Waals surface area contributed by atoms with Crippen molar-refractivity contribution in [1.82, 2.24) is 4.98 Å². The Morgan fingerprint density at radius 3 is 2.55 bits per heavy atom. The van der Waals surface area contributed by atoms with Crippen molar-refractivity contribution in [2.24, 2.45) is 0 Å². The molecule has 0 amide bonds. The third-order valence-electron chi connectivity index (χ3n) is 5.14. The minimum atomic E-state index is -0.706. The van der Waals surface area contributed by atoms with Gasteiger partial charge in [0.15, 0.2) is 0 Å². The first-order chi connectivity index (χ1) is 14.2. The summed E-state index contributed by atoms with van der Waals surface area (Å²) in [6.45, 7) is 4.34. The molecule has 1 atom stereocenters. The Morgan fingerprint density at radius 2 is 1.90 bits per heavy atom. The lowest BCUT2D eigenvalue weighted by Crippen LogP contribution is -2.02. The van der Waals surface area contributed by atoms with Gasteiger partial charge in [-0.25, -0.2) is 0 Å². The number of unbranched alkanes of at least 4 members (excludes halogenated alkanes) is 1. The summed E-state index contributed by atoms with van der Waals surface area (Å²) >= 11 is 3.47. The molecule has 4 heteroatoms. The van der Waals surface area contributed by atoms with E-state index in [4.69, 9.17) is 0 Å². The van der Waals surface area contributed by atoms with Crippen molar-refractivity contribution in [3.63, 3.8) is 0 Å². The van der Waals surface area contributed by atoms with Crippen LogP contribution in [0.3, 0.4) is 0 Å². The molecule has 0 fully saturated rings. The van der Waals surface area contributed by atoms with E-state index in [1.165, 1.54) is 28.2 Å². The highest BCUT2D eigenvalue weighted by atomic mass is 32.1. The fraction of sp³-hybridized carbons (Fsp3) is 0.240. The van der Waals surface area contributed by atoms with Gasteiger partial charge in [0.25, 0.3) is 0 Å². The Hall–Kier alpha value is -2.27. The zero-order valence-corrected chi connectivity index (χ0v) is 18.4. The summed E-state index contributed by atoms with van der Waals surface area (Å²) in [7, 11) is 0. The molecular formula is C25H25NOS2. The molecule has 0 aliphatic carbocycles. The van der Waals surface area contributed by atoms with E-state index in [-0.39, 0.29) is 0 Å². The van der Waals surface area contributed by atoms with E-state index in [0.717, 1.165) is 33.6 Å². The predicted octanol–water partition coefficient (Wildman–Crippen LogP) is 7.27. The van der Waals surface area contributed by atoms with E-state index in [1.807, 2.05) is 12.1 Å². The number of pyridine rings is 1. The number of aromatic nitrogens is 1. The SMILES string of the molecule is CCCCc1ccc(-c2scc(-c3ccc(C)s3)c2C(O)c2cccnc2)cc1. The van der Waals surface area contributed by atoms with Crippen LogP contribution in [0.2, 0.25) is 0 Å². The summed E-state index contributed by atoms with van der Waals surface area (Å²) in [6.07, 6.45) is 6.32. The van der Waals surface area contributed by atoms with Gasteiger partial charge in [-0.15, -0.1) is 22.7 Å². The van der Waals surface area contributed by atoms with Gasteiger partial charge in [0.1, 0.15) is 6.10 Å². The maximum absolute atomic E-state index is 11.3. The van der Waals surface area contributed by atoms with Crippen LogP contribution >= 0.6 is 22.7 Å². The second-order valence-electron chi connectivity index (χ2n) is 7.29. The molecule has 4 aromatic rings. The summed E-state index contributed by atoms with van der Waals surface area (Å²) in [6, 6.07) is 16.9. The molecule has 29 heavy (non-hydrogen) atoms. The maximum atomic E-state index is 11.3. The number of nitrogens with zero attached hydrogens (tertiary/aromatic N) is 1. The normalized spacial score (nSPS) is 12.2. The van der Waals surface area contributed by atoms with Crippen molar-refractivity contribution < 1.29 is 5.11 Å². The zero-order chi connectivity index (χ0) is 20.2. The number of rotatable bonds is 7. The van der Waals surface area contributed by atoms with Crippen LogP contribution in [0.1, 0.15) is 47.4 Å². The lowest BCUT2D eigenvalue weighted by Gasteiger charge is -2.15. The molecule has 148 valence electrons. The molecule has 0 radical (unpaired) electrons. The van der Waals surface area contributed by atoms with Crippen LogP contribution in [0.5, 0.6) is 0 Å². The standard InChI is InChI=1S/C25H25NOS2/c1-3-4-6-18-9-11-19(12-10-18)25-23(24(27)20-7-5-14-26-15-20)21(16-28-25)22-13-8-17(2)29-22/h5,7-16,24,27H,3-4,6H2,1-2H3. The van der Waals surface area contributed by atoms with Gasteiger partial charge in [0, 0.05) is 49.1 Å². The molecular weight excluding hydrogens is 394 g/mol. The number of aryl methyl sites for hydroxylation is 2. The topological polar surface area (TPSA) is 33.1 Å². The molecule has 0 spiro atoms. The Bertz CT molecular complexity index is 1060. The summed E-state index contributed by atoms with van der Waals surface area (Å²) in [5, 5.41) is 13.5. The van der Waals surface area contributed by atoms with Gasteiger partial charge in [-0.2, -0.15) is 0 Å². The minimum absolute atomic E-state index is 0.706. The first kappa shape index (κ1) is 20.0. The smallest absolute Gasteiger partial charge is 0.108 e. The maximum Gasteiger partial charge on any atom is 0.108 e. The first-order valence-corrected chi connectivity index (χ1v) is 11.7. The molecule has 0 saturated heterocycles. The highest BCUT2D eigenvalue weighted by Gasteiger charge is 2.23. The highest BCUT2D eigenvalue weighted by Crippen LogP contribution is 2.45. The third-order valence-corrected chi connectivity index (χ3v) is 7.22. The molecule has 0 aliphatic rings. The van der Waals surface area contributed by atoms with Gasteiger partial charge in [0.2, 0.25) is 0 Å². The summed E-state index contributed by atoms with van der Waals surface area (Å²) in [4.78, 5) is 7.81. The fourth-order valence-corrected chi connectivity index (χ4v) is 5.62. The number of aliphatic hydroxyl groups excluding tert-OH is 1. The molecule has 0 saturated carbocycles. The summed E-state index contributed by atoms with van der Waals surface area (Å²) in [5.41, 5.74) is 5.45. The van der Waals surface area contributed by atoms with Gasteiger partial charge in [-0.1, -0.05) is 43.7 Å². The summed E-state index contributed by atoms with van der Waals surface area (Å²) < 4.78 is 0. The number of hydrogen-bond donors (Lipinski definition) is 1. The molecule has 1 aromatic carbocycles. The molecule has 3 aromatic heterocycles. The number of thiophene rings is 2. The van der Waals surface area contributed by atoms with Gasteiger partial charge in [0.05, 0.1) is 0 Å². The lowest BCUT2D eigenvalue weighted by atomic mass is 9.95. The van der Waals surface area contributed by atoms with Crippen LogP contribution in [0.15, 0.2) is 66.3 Å². The van der Waals surface area contributed by atoms with E-state index >= 15 is 0 Å². The zero-order valence-electron chi connectivity index (χ0n) is 16.8. The molecule has 4 rings (SSSR count). The molecule has 0 aliphatic heterocycles. The van der Waals surface area contributed by atoms with Crippen LogP contribution in [-0.2, 0) is 6.42 Å². The monoisotopic (exact) mass is 419 g/mol. The quantitative estimate of drug-likeness (QED) is 0.342. The van der Waals surface area contributed by atoms with Crippen molar-refractivity contribution in [1.29, 1.82) is 0 Å². The van der Waals surface area contributed by atoms with Crippen LogP contribution in [0, 0.1) is 6.92 Å².